The van der Waals surface area contributed by atoms with Crippen LogP contribution in [-0.4, -0.2) is 30.1 Å². The Balaban J connectivity index is 2.83. The van der Waals surface area contributed by atoms with Crippen LogP contribution in [0.1, 0.15) is 18.9 Å². The smallest absolute Gasteiger partial charge is 0.141 e. The summed E-state index contributed by atoms with van der Waals surface area (Å²) in [5.74, 6) is 1.81. The van der Waals surface area contributed by atoms with Crippen LogP contribution < -0.4 is 4.90 Å². The highest BCUT2D eigenvalue weighted by Crippen LogP contribution is 2.22. The Labute approximate surface area is 112 Å². The molecule has 0 aliphatic carbocycles. The second-order valence-corrected chi connectivity index (χ2v) is 5.26. The fourth-order valence-corrected chi connectivity index (χ4v) is 2.35. The van der Waals surface area contributed by atoms with Gasteiger partial charge in [0.25, 0.3) is 0 Å². The molecule has 0 radical (unpaired) electrons. The van der Waals surface area contributed by atoms with Crippen molar-refractivity contribution in [3.63, 3.8) is 0 Å². The normalized spacial score (nSPS) is 12.5. The number of hydrogen-bond acceptors (Lipinski definition) is 3. The van der Waals surface area contributed by atoms with Gasteiger partial charge in [-0.25, -0.2) is 9.37 Å². The second kappa shape index (κ2) is 7.07. The van der Waals surface area contributed by atoms with Crippen molar-refractivity contribution in [1.29, 1.82) is 0 Å². The number of thioether (sulfide) groups is 1. The fraction of sp³-hybridized carbons (Fsp3) is 0.583. The van der Waals surface area contributed by atoms with E-state index in [2.05, 4.69) is 23.1 Å². The maximum atomic E-state index is 13.1. The minimum atomic E-state index is -0.338. The predicted molar refractivity (Wildman–Crippen MR) is 74.6 cm³/mol. The van der Waals surface area contributed by atoms with Gasteiger partial charge in [-0.2, -0.15) is 11.8 Å². The average Bonchev–Trinajstić information content (AvgIpc) is 2.34. The minimum Gasteiger partial charge on any atom is -0.357 e. The number of nitrogens with zero attached hydrogens (tertiary/aromatic N) is 2. The van der Waals surface area contributed by atoms with Crippen molar-refractivity contribution in [1.82, 2.24) is 4.98 Å². The molecule has 0 N–H and O–H groups in total. The largest absolute Gasteiger partial charge is 0.357 e. The molecular weight excluding hydrogens is 259 g/mol. The lowest BCUT2D eigenvalue weighted by Gasteiger charge is -2.27. The number of alkyl halides is 1. The highest BCUT2D eigenvalue weighted by atomic mass is 35.5. The lowest BCUT2D eigenvalue weighted by atomic mass is 10.2. The Hall–Kier alpha value is -0.480. The summed E-state index contributed by atoms with van der Waals surface area (Å²) < 4.78 is 13.1. The molecule has 0 fully saturated rings. The van der Waals surface area contributed by atoms with Gasteiger partial charge in [-0.3, -0.25) is 0 Å². The van der Waals surface area contributed by atoms with Crippen LogP contribution in [0.25, 0.3) is 0 Å². The van der Waals surface area contributed by atoms with Crippen LogP contribution in [0.4, 0.5) is 10.2 Å². The summed E-state index contributed by atoms with van der Waals surface area (Å²) in [4.78, 5) is 6.20. The number of hydrogen-bond donors (Lipinski definition) is 0. The molecule has 0 spiro atoms. The first-order chi connectivity index (χ1) is 8.10. The van der Waals surface area contributed by atoms with Crippen LogP contribution in [0.2, 0.25) is 0 Å². The quantitative estimate of drug-likeness (QED) is 0.740. The molecule has 0 saturated carbocycles. The zero-order valence-electron chi connectivity index (χ0n) is 10.4. The van der Waals surface area contributed by atoms with Gasteiger partial charge in [0.1, 0.15) is 11.6 Å². The van der Waals surface area contributed by atoms with Crippen molar-refractivity contribution in [2.45, 2.75) is 25.3 Å². The third-order valence-corrected chi connectivity index (χ3v) is 3.72. The molecule has 1 rings (SSSR count). The number of anilines is 1. The van der Waals surface area contributed by atoms with Gasteiger partial charge in [0.15, 0.2) is 0 Å². The Morgan fingerprint density at radius 1 is 1.59 bits per heavy atom. The van der Waals surface area contributed by atoms with Crippen LogP contribution in [0.5, 0.6) is 0 Å². The fourth-order valence-electron chi connectivity index (χ4n) is 1.58. The highest BCUT2D eigenvalue weighted by Gasteiger charge is 2.15. The number of rotatable bonds is 6. The highest BCUT2D eigenvalue weighted by molar-refractivity contribution is 7.98. The molecule has 5 heteroatoms. The van der Waals surface area contributed by atoms with Crippen LogP contribution in [0, 0.1) is 5.82 Å². The van der Waals surface area contributed by atoms with Crippen molar-refractivity contribution in [2.75, 3.05) is 24.0 Å². The summed E-state index contributed by atoms with van der Waals surface area (Å²) in [6, 6.07) is 1.81. The number of pyridine rings is 1. The van der Waals surface area contributed by atoms with E-state index >= 15 is 0 Å². The van der Waals surface area contributed by atoms with E-state index in [1.54, 1.807) is 0 Å². The molecule has 2 nitrogen and oxygen atoms in total. The summed E-state index contributed by atoms with van der Waals surface area (Å²) in [6.45, 7) is 2.14. The topological polar surface area (TPSA) is 16.1 Å². The van der Waals surface area contributed by atoms with Gasteiger partial charge >= 0.3 is 0 Å². The third-order valence-electron chi connectivity index (χ3n) is 2.79. The lowest BCUT2D eigenvalue weighted by Crippen LogP contribution is -2.31. The molecule has 0 aliphatic rings. The zero-order chi connectivity index (χ0) is 12.8. The van der Waals surface area contributed by atoms with Crippen LogP contribution in [-0.2, 0) is 5.88 Å². The first kappa shape index (κ1) is 14.6. The number of halogens is 2. The summed E-state index contributed by atoms with van der Waals surface area (Å²) >= 11 is 7.64. The van der Waals surface area contributed by atoms with Gasteiger partial charge in [-0.05, 0) is 31.4 Å². The van der Waals surface area contributed by atoms with Crippen molar-refractivity contribution in [3.8, 4) is 0 Å². The van der Waals surface area contributed by atoms with Gasteiger partial charge in [-0.1, -0.05) is 0 Å². The minimum absolute atomic E-state index is 0.277. The van der Waals surface area contributed by atoms with Gasteiger partial charge in [0.05, 0.1) is 12.1 Å². The van der Waals surface area contributed by atoms with E-state index < -0.39 is 0 Å². The van der Waals surface area contributed by atoms with Crippen molar-refractivity contribution < 1.29 is 4.39 Å². The maximum absolute atomic E-state index is 13.1. The van der Waals surface area contributed by atoms with E-state index in [4.69, 9.17) is 11.6 Å². The maximum Gasteiger partial charge on any atom is 0.141 e. The molecule has 17 heavy (non-hydrogen) atoms. The molecule has 1 heterocycles. The molecule has 0 saturated heterocycles. The molecule has 0 aromatic carbocycles. The van der Waals surface area contributed by atoms with Gasteiger partial charge in [0, 0.05) is 18.7 Å². The molecule has 0 aliphatic heterocycles. The van der Waals surface area contributed by atoms with Crippen LogP contribution >= 0.6 is 23.4 Å². The first-order valence-corrected chi connectivity index (χ1v) is 7.45. The Bertz CT molecular complexity index is 362. The monoisotopic (exact) mass is 276 g/mol. The van der Waals surface area contributed by atoms with E-state index in [0.29, 0.717) is 6.04 Å². The van der Waals surface area contributed by atoms with Crippen LogP contribution in [0.15, 0.2) is 12.3 Å². The zero-order valence-corrected chi connectivity index (χ0v) is 12.0. The predicted octanol–water partition coefficient (Wildman–Crippen LogP) is 3.54. The standard InChI is InChI=1S/C12H18ClFN2S/c1-9(4-5-17-3)16(2)12-10(7-13)6-11(14)8-15-12/h6,8-9H,4-5,7H2,1-3H3. The molecule has 1 unspecified atom stereocenters. The summed E-state index contributed by atoms with van der Waals surface area (Å²) in [5, 5.41) is 0. The van der Waals surface area contributed by atoms with Gasteiger partial charge in [-0.15, -0.1) is 11.6 Å². The number of aromatic nitrogens is 1. The second-order valence-electron chi connectivity index (χ2n) is 4.01. The first-order valence-electron chi connectivity index (χ1n) is 5.52. The van der Waals surface area contributed by atoms with E-state index in [0.717, 1.165) is 23.6 Å². The van der Waals surface area contributed by atoms with E-state index in [-0.39, 0.29) is 11.7 Å². The lowest BCUT2D eigenvalue weighted by molar-refractivity contribution is 0.613. The Morgan fingerprint density at radius 3 is 2.88 bits per heavy atom. The van der Waals surface area contributed by atoms with E-state index in [9.17, 15) is 4.39 Å². The molecular formula is C12H18ClFN2S. The van der Waals surface area contributed by atoms with Crippen molar-refractivity contribution in [2.24, 2.45) is 0 Å². The summed E-state index contributed by atoms with van der Waals surface area (Å²) in [7, 11) is 1.97. The van der Waals surface area contributed by atoms with E-state index in [1.165, 1.54) is 12.3 Å². The molecule has 96 valence electrons. The Kier molecular flexibility index (Phi) is 6.06. The SMILES string of the molecule is CSCCC(C)N(C)c1ncc(F)cc1CCl. The molecule has 0 bridgehead atoms. The van der Waals surface area contributed by atoms with Crippen molar-refractivity contribution >= 4 is 29.2 Å². The molecule has 1 aromatic rings. The molecule has 1 aromatic heterocycles. The summed E-state index contributed by atoms with van der Waals surface area (Å²) in [5.41, 5.74) is 0.741. The Morgan fingerprint density at radius 2 is 2.29 bits per heavy atom. The van der Waals surface area contributed by atoms with Crippen molar-refractivity contribution in [3.05, 3.63) is 23.6 Å². The average molecular weight is 277 g/mol. The molecule has 0 amide bonds. The molecule has 1 atom stereocenters. The van der Waals surface area contributed by atoms with Gasteiger partial charge < -0.3 is 4.90 Å². The summed E-state index contributed by atoms with van der Waals surface area (Å²) in [6.07, 6.45) is 4.40. The third kappa shape index (κ3) is 4.03. The van der Waals surface area contributed by atoms with Crippen LogP contribution in [0.3, 0.4) is 0 Å². The van der Waals surface area contributed by atoms with Gasteiger partial charge in [0.2, 0.25) is 0 Å². The van der Waals surface area contributed by atoms with E-state index in [1.807, 2.05) is 18.8 Å².